The molecule has 0 aromatic heterocycles. The van der Waals surface area contributed by atoms with Crippen molar-refractivity contribution in [1.82, 2.24) is 0 Å². The zero-order chi connectivity index (χ0) is 54.0. The Bertz CT molecular complexity index is 1530. The van der Waals surface area contributed by atoms with Gasteiger partial charge in [0.1, 0.15) is 0 Å². The van der Waals surface area contributed by atoms with E-state index >= 15 is 0 Å². The maximum absolute atomic E-state index is 11.8. The van der Waals surface area contributed by atoms with E-state index in [4.69, 9.17) is 0 Å². The van der Waals surface area contributed by atoms with E-state index in [9.17, 15) is 5.53 Å². The van der Waals surface area contributed by atoms with Crippen molar-refractivity contribution >= 4 is 11.4 Å². The van der Waals surface area contributed by atoms with Crippen LogP contribution in [0.3, 0.4) is 0 Å². The Balaban J connectivity index is 0.00000124. The Hall–Kier alpha value is -1.99. The van der Waals surface area contributed by atoms with Crippen LogP contribution in [0.4, 0.5) is 0 Å². The minimum Gasteiger partial charge on any atom is -0.493 e. The van der Waals surface area contributed by atoms with Crippen LogP contribution in [0.15, 0.2) is 48.0 Å². The minimum absolute atomic E-state index is 0. The van der Waals surface area contributed by atoms with Crippen LogP contribution >= 0.6 is 0 Å². The summed E-state index contributed by atoms with van der Waals surface area (Å²) in [7, 11) is 0. The zero-order valence-corrected chi connectivity index (χ0v) is 52.4. The van der Waals surface area contributed by atoms with Crippen molar-refractivity contribution < 1.29 is 21.2 Å². The van der Waals surface area contributed by atoms with E-state index in [0.717, 1.165) is 74.7 Å². The third-order valence-corrected chi connectivity index (χ3v) is 15.5. The molecule has 1 heterocycles. The van der Waals surface area contributed by atoms with Gasteiger partial charge < -0.3 is 19.4 Å². The molecule has 0 saturated carbocycles. The normalized spacial score (nSPS) is 12.1. The first-order valence-corrected chi connectivity index (χ1v) is 33.2. The third kappa shape index (κ3) is 38.3. The molecule has 0 N–H and O–H groups in total. The van der Waals surface area contributed by atoms with Crippen molar-refractivity contribution in [2.75, 3.05) is 0 Å². The second kappa shape index (κ2) is 54.0. The van der Waals surface area contributed by atoms with Gasteiger partial charge in [-0.3, -0.25) is 0 Å². The van der Waals surface area contributed by atoms with Crippen LogP contribution < -0.4 is 0 Å². The fourth-order valence-corrected chi connectivity index (χ4v) is 10.6. The van der Waals surface area contributed by atoms with E-state index in [1.165, 1.54) is 282 Å². The second-order valence-corrected chi connectivity index (χ2v) is 22.9. The molecule has 0 spiro atoms. The van der Waals surface area contributed by atoms with Crippen molar-refractivity contribution in [1.29, 1.82) is 0 Å². The van der Waals surface area contributed by atoms with Gasteiger partial charge in [0.25, 0.3) is 0 Å². The van der Waals surface area contributed by atoms with E-state index in [-0.39, 0.29) is 16.5 Å². The predicted molar refractivity (Wildman–Crippen MR) is 335 cm³/mol. The first-order chi connectivity index (χ1) is 36.4. The molecule has 1 aliphatic heterocycles. The minimum atomic E-state index is 0. The van der Waals surface area contributed by atoms with Crippen molar-refractivity contribution in [3.63, 3.8) is 0 Å². The van der Waals surface area contributed by atoms with Crippen LogP contribution in [0.1, 0.15) is 358 Å². The molecule has 0 atom stereocenters. The molecule has 2 aromatic carbocycles. The van der Waals surface area contributed by atoms with Crippen LogP contribution in [-0.4, -0.2) is 4.70 Å². The maximum Gasteiger partial charge on any atom is 2.00 e. The van der Waals surface area contributed by atoms with Gasteiger partial charge in [-0.25, -0.2) is 4.70 Å². The van der Waals surface area contributed by atoms with E-state index in [1.807, 2.05) is 0 Å². The Morgan fingerprint density at radius 3 is 0.813 bits per heavy atom. The molecular formula is C72H126N2Ni. The molecule has 0 aliphatic carbocycles. The van der Waals surface area contributed by atoms with Gasteiger partial charge in [-0.1, -0.05) is 285 Å². The third-order valence-electron chi connectivity index (χ3n) is 15.5. The number of hydrogen-bond acceptors (Lipinski definition) is 0. The van der Waals surface area contributed by atoms with E-state index in [0.29, 0.717) is 0 Å². The Morgan fingerprint density at radius 1 is 0.307 bits per heavy atom. The number of allylic oxidation sites excluding steroid dienone is 2. The molecule has 0 bridgehead atoms. The van der Waals surface area contributed by atoms with Crippen molar-refractivity contribution in [2.45, 2.75) is 350 Å². The average molecular weight is 1080 g/mol. The molecule has 2 nitrogen and oxygen atoms in total. The van der Waals surface area contributed by atoms with Gasteiger partial charge in [0, 0.05) is 22.8 Å². The van der Waals surface area contributed by atoms with Crippen molar-refractivity contribution in [2.24, 2.45) is 0 Å². The first-order valence-electron chi connectivity index (χ1n) is 33.2. The molecule has 75 heavy (non-hydrogen) atoms. The second-order valence-electron chi connectivity index (χ2n) is 22.9. The molecule has 0 fully saturated rings. The number of rotatable bonds is 47. The maximum atomic E-state index is 11.8. The number of benzene rings is 2. The predicted octanol–water partition coefficient (Wildman–Crippen LogP) is 25.2. The summed E-state index contributed by atoms with van der Waals surface area (Å²) in [4.78, 5) is 0. The molecule has 3 rings (SSSR count). The number of unbranched alkanes of at least 4 members (excludes halogenated alkanes) is 35. The summed E-state index contributed by atoms with van der Waals surface area (Å²) in [6.45, 7) is 23.7. The van der Waals surface area contributed by atoms with Crippen molar-refractivity contribution in [3.05, 3.63) is 101 Å². The topological polar surface area (TPSA) is 25.3 Å². The number of hydrogen-bond donors (Lipinski definition) is 0. The number of nitrogens with zero attached hydrogens (tertiary/aromatic N) is 2. The largest absolute Gasteiger partial charge is 2.00 e. The molecule has 0 radical (unpaired) electrons. The van der Waals surface area contributed by atoms with Gasteiger partial charge >= 0.3 is 16.5 Å². The molecule has 0 unspecified atom stereocenters. The molecule has 0 amide bonds. The summed E-state index contributed by atoms with van der Waals surface area (Å²) in [5, 5.41) is 0. The number of aryl methyl sites for hydroxylation is 4. The SMILES string of the molecule is CCCCC1=C(c2cc(CCCC)cc(CCCC)c2)[N+](=[N-])C(c2cc(CCCC)cc(CCCC)c2)=C1.[CH2-]CCCCCCCCCCCCCCCCC.[CH2-]CCCCCCCCCCCCCCCCC.[Ni+2]. The molecule has 3 heteroatoms. The Kier molecular flexibility index (Phi) is 52.6. The van der Waals surface area contributed by atoms with Gasteiger partial charge in [-0.2, -0.15) is 12.8 Å². The fourth-order valence-electron chi connectivity index (χ4n) is 10.6. The zero-order valence-electron chi connectivity index (χ0n) is 51.4. The van der Waals surface area contributed by atoms with E-state index < -0.39 is 0 Å². The molecule has 2 aromatic rings. The molecule has 434 valence electrons. The summed E-state index contributed by atoms with van der Waals surface area (Å²) in [5.41, 5.74) is 23.0. The van der Waals surface area contributed by atoms with Gasteiger partial charge in [0.05, 0.1) is 0 Å². The van der Waals surface area contributed by atoms with E-state index in [2.05, 4.69) is 105 Å². The molecular weight excluding hydrogens is 951 g/mol. The Morgan fingerprint density at radius 2 is 0.547 bits per heavy atom. The van der Waals surface area contributed by atoms with Crippen LogP contribution in [0.25, 0.3) is 16.9 Å². The quantitative estimate of drug-likeness (QED) is 0.0273. The average Bonchev–Trinajstić information content (AvgIpc) is 3.75. The van der Waals surface area contributed by atoms with Crippen LogP contribution in [0, 0.1) is 13.8 Å². The molecule has 0 saturated heterocycles. The summed E-state index contributed by atoms with van der Waals surface area (Å²) in [5.74, 6) is 0. The summed E-state index contributed by atoms with van der Waals surface area (Å²) in [6, 6.07) is 14.1. The summed E-state index contributed by atoms with van der Waals surface area (Å²) >= 11 is 0. The first kappa shape index (κ1) is 73.0. The fraction of sp³-hybridized carbons (Fsp3) is 0.750. The standard InChI is InChI=1S/C36H52N2.2C18H37.Ni/c1-6-11-16-28-21-29(17-12-7-2)24-33(23-28)35-27-32(20-15-10-5)36(38(35)37)34-25-30(18-13-8-3)22-31(26-34)19-14-9-4;2*1-3-5-7-9-11-13-15-17-18-16-14-12-10-8-6-4-2;/h21-27H,6-20H2,1-5H3;2*1,3-18H2,2H3;/q;2*-1;+2. The van der Waals surface area contributed by atoms with Crippen LogP contribution in [0.5, 0.6) is 0 Å². The smallest absolute Gasteiger partial charge is 0.493 e. The van der Waals surface area contributed by atoms with Gasteiger partial charge in [0.15, 0.2) is 0 Å². The summed E-state index contributed by atoms with van der Waals surface area (Å²) < 4.78 is 1.52. The summed E-state index contributed by atoms with van der Waals surface area (Å²) in [6.07, 6.45) is 65.2. The van der Waals surface area contributed by atoms with E-state index in [1.54, 1.807) is 0 Å². The van der Waals surface area contributed by atoms with Gasteiger partial charge in [-0.15, -0.1) is 0 Å². The monoisotopic (exact) mass is 1080 g/mol. The van der Waals surface area contributed by atoms with Crippen LogP contribution in [-0.2, 0) is 42.2 Å². The molecule has 1 aliphatic rings. The van der Waals surface area contributed by atoms with Gasteiger partial charge in [-0.05, 0) is 111 Å². The van der Waals surface area contributed by atoms with Crippen LogP contribution in [0.2, 0.25) is 0 Å². The van der Waals surface area contributed by atoms with Gasteiger partial charge in [0.2, 0.25) is 11.4 Å². The van der Waals surface area contributed by atoms with Crippen molar-refractivity contribution in [3.8, 4) is 0 Å². The Labute approximate surface area is 481 Å².